The standard InChI is InChI=1S/C16H16BrFO3/c1-9-6-15(21-3)11(8-12(9)17)16(19)10-4-5-14(20-2)13(18)7-10/h4-8,16,19H,1-3H3. The molecule has 0 aliphatic rings. The third-order valence-electron chi connectivity index (χ3n) is 3.30. The Morgan fingerprint density at radius 1 is 1.10 bits per heavy atom. The zero-order valence-corrected chi connectivity index (χ0v) is 13.6. The molecule has 3 nitrogen and oxygen atoms in total. The number of hydrogen-bond donors (Lipinski definition) is 1. The molecule has 0 fully saturated rings. The molecule has 1 N–H and O–H groups in total. The topological polar surface area (TPSA) is 38.7 Å². The molecule has 0 aromatic heterocycles. The highest BCUT2D eigenvalue weighted by molar-refractivity contribution is 9.10. The normalized spacial score (nSPS) is 12.1. The Morgan fingerprint density at radius 3 is 2.33 bits per heavy atom. The summed E-state index contributed by atoms with van der Waals surface area (Å²) in [5, 5.41) is 10.5. The minimum Gasteiger partial charge on any atom is -0.496 e. The van der Waals surface area contributed by atoms with Crippen LogP contribution in [-0.2, 0) is 0 Å². The number of halogens is 2. The van der Waals surface area contributed by atoms with Gasteiger partial charge in [0.1, 0.15) is 11.9 Å². The highest BCUT2D eigenvalue weighted by Gasteiger charge is 2.18. The van der Waals surface area contributed by atoms with Crippen molar-refractivity contribution in [3.8, 4) is 11.5 Å². The lowest BCUT2D eigenvalue weighted by Crippen LogP contribution is -2.04. The molecule has 0 radical (unpaired) electrons. The third kappa shape index (κ3) is 3.19. The van der Waals surface area contributed by atoms with Crippen LogP contribution in [0.25, 0.3) is 0 Å². The Kier molecular flexibility index (Phi) is 4.85. The van der Waals surface area contributed by atoms with E-state index in [0.29, 0.717) is 16.9 Å². The van der Waals surface area contributed by atoms with E-state index in [1.165, 1.54) is 26.4 Å². The molecule has 0 amide bonds. The highest BCUT2D eigenvalue weighted by Crippen LogP contribution is 2.35. The van der Waals surface area contributed by atoms with E-state index >= 15 is 0 Å². The third-order valence-corrected chi connectivity index (χ3v) is 4.15. The molecule has 0 aliphatic carbocycles. The summed E-state index contributed by atoms with van der Waals surface area (Å²) in [5.74, 6) is 0.182. The van der Waals surface area contributed by atoms with Gasteiger partial charge in [-0.3, -0.25) is 0 Å². The summed E-state index contributed by atoms with van der Waals surface area (Å²) in [6, 6.07) is 7.98. The Labute approximate surface area is 131 Å². The van der Waals surface area contributed by atoms with E-state index in [0.717, 1.165) is 10.0 Å². The number of hydrogen-bond acceptors (Lipinski definition) is 3. The van der Waals surface area contributed by atoms with Gasteiger partial charge in [0, 0.05) is 10.0 Å². The van der Waals surface area contributed by atoms with Crippen molar-refractivity contribution in [1.82, 2.24) is 0 Å². The summed E-state index contributed by atoms with van der Waals surface area (Å²) in [5.41, 5.74) is 1.99. The molecule has 1 atom stereocenters. The van der Waals surface area contributed by atoms with Gasteiger partial charge >= 0.3 is 0 Å². The van der Waals surface area contributed by atoms with Gasteiger partial charge in [-0.1, -0.05) is 22.0 Å². The fraction of sp³-hybridized carbons (Fsp3) is 0.250. The van der Waals surface area contributed by atoms with Gasteiger partial charge in [0.2, 0.25) is 0 Å². The van der Waals surface area contributed by atoms with Crippen molar-refractivity contribution < 1.29 is 19.0 Å². The van der Waals surface area contributed by atoms with Gasteiger partial charge in [-0.2, -0.15) is 0 Å². The molecule has 0 saturated carbocycles. The zero-order chi connectivity index (χ0) is 15.6. The Morgan fingerprint density at radius 2 is 1.76 bits per heavy atom. The number of aliphatic hydroxyl groups excluding tert-OH is 1. The number of aryl methyl sites for hydroxylation is 1. The second-order valence-electron chi connectivity index (χ2n) is 4.64. The van der Waals surface area contributed by atoms with Crippen LogP contribution in [0, 0.1) is 12.7 Å². The lowest BCUT2D eigenvalue weighted by atomic mass is 9.99. The van der Waals surface area contributed by atoms with Gasteiger partial charge in [-0.05, 0) is 42.3 Å². The molecule has 5 heteroatoms. The molecule has 112 valence electrons. The van der Waals surface area contributed by atoms with Gasteiger partial charge in [-0.15, -0.1) is 0 Å². The van der Waals surface area contributed by atoms with Crippen molar-refractivity contribution in [2.24, 2.45) is 0 Å². The number of rotatable bonds is 4. The Bertz CT molecular complexity index is 658. The van der Waals surface area contributed by atoms with E-state index < -0.39 is 11.9 Å². The van der Waals surface area contributed by atoms with Gasteiger partial charge in [-0.25, -0.2) is 4.39 Å². The highest BCUT2D eigenvalue weighted by atomic mass is 79.9. The first-order valence-corrected chi connectivity index (χ1v) is 7.12. The van der Waals surface area contributed by atoms with Gasteiger partial charge < -0.3 is 14.6 Å². The molecule has 1 unspecified atom stereocenters. The van der Waals surface area contributed by atoms with Crippen LogP contribution in [0.15, 0.2) is 34.8 Å². The first-order valence-electron chi connectivity index (χ1n) is 6.33. The van der Waals surface area contributed by atoms with Crippen LogP contribution in [0.2, 0.25) is 0 Å². The number of methoxy groups -OCH3 is 2. The predicted molar refractivity (Wildman–Crippen MR) is 82.4 cm³/mol. The van der Waals surface area contributed by atoms with E-state index in [2.05, 4.69) is 15.9 Å². The SMILES string of the molecule is COc1ccc(C(O)c2cc(Br)c(C)cc2OC)cc1F. The molecular formula is C16H16BrFO3. The molecule has 0 spiro atoms. The molecular weight excluding hydrogens is 339 g/mol. The Balaban J connectivity index is 2.46. The number of benzene rings is 2. The summed E-state index contributed by atoms with van der Waals surface area (Å²) in [6.45, 7) is 1.93. The molecule has 0 aliphatic heterocycles. The maximum Gasteiger partial charge on any atom is 0.165 e. The second kappa shape index (κ2) is 6.45. The predicted octanol–water partition coefficient (Wildman–Crippen LogP) is 4.00. The minimum atomic E-state index is -0.989. The first-order chi connectivity index (χ1) is 9.97. The van der Waals surface area contributed by atoms with Gasteiger partial charge in [0.05, 0.1) is 14.2 Å². The summed E-state index contributed by atoms with van der Waals surface area (Å²) in [4.78, 5) is 0. The minimum absolute atomic E-state index is 0.142. The summed E-state index contributed by atoms with van der Waals surface area (Å²) < 4.78 is 24.8. The van der Waals surface area contributed by atoms with E-state index in [1.807, 2.05) is 13.0 Å². The van der Waals surface area contributed by atoms with Gasteiger partial charge in [0.25, 0.3) is 0 Å². The molecule has 2 aromatic carbocycles. The van der Waals surface area contributed by atoms with E-state index in [-0.39, 0.29) is 5.75 Å². The second-order valence-corrected chi connectivity index (χ2v) is 5.49. The van der Waals surface area contributed by atoms with Crippen LogP contribution in [0.4, 0.5) is 4.39 Å². The van der Waals surface area contributed by atoms with E-state index in [1.54, 1.807) is 12.1 Å². The van der Waals surface area contributed by atoms with Crippen molar-refractivity contribution in [1.29, 1.82) is 0 Å². The van der Waals surface area contributed by atoms with Crippen LogP contribution in [0.5, 0.6) is 11.5 Å². The smallest absolute Gasteiger partial charge is 0.165 e. The average Bonchev–Trinajstić information content (AvgIpc) is 2.48. The number of ether oxygens (including phenoxy) is 2. The van der Waals surface area contributed by atoms with Crippen LogP contribution in [0.1, 0.15) is 22.8 Å². The van der Waals surface area contributed by atoms with Crippen LogP contribution in [-0.4, -0.2) is 19.3 Å². The van der Waals surface area contributed by atoms with Crippen LogP contribution in [0.3, 0.4) is 0 Å². The lowest BCUT2D eigenvalue weighted by molar-refractivity contribution is 0.214. The van der Waals surface area contributed by atoms with Crippen molar-refractivity contribution in [2.75, 3.05) is 14.2 Å². The Hall–Kier alpha value is -1.59. The van der Waals surface area contributed by atoms with Crippen molar-refractivity contribution in [3.63, 3.8) is 0 Å². The lowest BCUT2D eigenvalue weighted by Gasteiger charge is -2.17. The molecule has 21 heavy (non-hydrogen) atoms. The van der Waals surface area contributed by atoms with Crippen molar-refractivity contribution in [3.05, 3.63) is 57.3 Å². The largest absolute Gasteiger partial charge is 0.496 e. The average molecular weight is 355 g/mol. The quantitative estimate of drug-likeness (QED) is 0.901. The van der Waals surface area contributed by atoms with E-state index in [9.17, 15) is 9.50 Å². The molecule has 0 heterocycles. The molecule has 0 saturated heterocycles. The fourth-order valence-corrected chi connectivity index (χ4v) is 2.45. The number of aliphatic hydroxyl groups is 1. The summed E-state index contributed by atoms with van der Waals surface area (Å²) >= 11 is 3.43. The van der Waals surface area contributed by atoms with E-state index in [4.69, 9.17) is 9.47 Å². The molecule has 0 bridgehead atoms. The van der Waals surface area contributed by atoms with Crippen molar-refractivity contribution >= 4 is 15.9 Å². The van der Waals surface area contributed by atoms with Crippen LogP contribution >= 0.6 is 15.9 Å². The first kappa shape index (κ1) is 15.8. The van der Waals surface area contributed by atoms with Crippen molar-refractivity contribution in [2.45, 2.75) is 13.0 Å². The molecule has 2 rings (SSSR count). The van der Waals surface area contributed by atoms with Crippen LogP contribution < -0.4 is 9.47 Å². The summed E-state index contributed by atoms with van der Waals surface area (Å²) in [7, 11) is 2.93. The van der Waals surface area contributed by atoms with Gasteiger partial charge in [0.15, 0.2) is 11.6 Å². The molecule has 2 aromatic rings. The zero-order valence-electron chi connectivity index (χ0n) is 12.0. The summed E-state index contributed by atoms with van der Waals surface area (Å²) in [6.07, 6.45) is -0.989. The monoisotopic (exact) mass is 354 g/mol. The maximum absolute atomic E-state index is 13.8. The fourth-order valence-electron chi connectivity index (χ4n) is 2.09. The maximum atomic E-state index is 13.8.